The molecular weight excluding hydrogens is 594 g/mol. The molecule has 2 aromatic carbocycles. The first-order valence-corrected chi connectivity index (χ1v) is 15.5. The number of anilines is 5. The second-order valence-corrected chi connectivity index (χ2v) is 12.6. The molecule has 0 radical (unpaired) electrons. The van der Waals surface area contributed by atoms with Gasteiger partial charge in [0.2, 0.25) is 23.7 Å². The number of amides is 3. The van der Waals surface area contributed by atoms with E-state index in [1.807, 2.05) is 36.0 Å². The number of fused-ring (bicyclic) bond motifs is 2. The van der Waals surface area contributed by atoms with Crippen molar-refractivity contribution in [2.24, 2.45) is 7.05 Å². The van der Waals surface area contributed by atoms with Gasteiger partial charge in [0.25, 0.3) is 0 Å². The molecule has 12 nitrogen and oxygen atoms in total. The molecule has 2 N–H and O–H groups in total. The molecule has 7 rings (SSSR count). The normalized spacial score (nSPS) is 21.8. The van der Waals surface area contributed by atoms with Crippen molar-refractivity contribution in [2.75, 3.05) is 40.2 Å². The minimum Gasteiger partial charge on any atom is -0.367 e. The Morgan fingerprint density at radius 3 is 2.56 bits per heavy atom. The van der Waals surface area contributed by atoms with E-state index in [1.165, 1.54) is 0 Å². The van der Waals surface area contributed by atoms with Crippen LogP contribution < -0.4 is 25.3 Å². The van der Waals surface area contributed by atoms with Gasteiger partial charge in [0.05, 0.1) is 29.7 Å². The summed E-state index contributed by atoms with van der Waals surface area (Å²) in [6.45, 7) is 5.81. The summed E-state index contributed by atoms with van der Waals surface area (Å²) < 4.78 is 1.81. The Hall–Kier alpha value is -4.71. The zero-order valence-corrected chi connectivity index (χ0v) is 26.3. The van der Waals surface area contributed by atoms with E-state index >= 15 is 0 Å². The highest BCUT2D eigenvalue weighted by Crippen LogP contribution is 2.35. The molecule has 0 aliphatic carbocycles. The average Bonchev–Trinajstić information content (AvgIpc) is 3.48. The van der Waals surface area contributed by atoms with E-state index in [-0.39, 0.29) is 29.8 Å². The van der Waals surface area contributed by atoms with Crippen LogP contribution in [-0.4, -0.2) is 69.7 Å². The van der Waals surface area contributed by atoms with Crippen LogP contribution in [0.5, 0.6) is 0 Å². The van der Waals surface area contributed by atoms with E-state index in [4.69, 9.17) is 21.7 Å². The number of aromatic nitrogens is 4. The number of likely N-dealkylation sites (N-methyl/N-ethyl adjacent to an activating group) is 1. The first-order valence-electron chi connectivity index (χ1n) is 15.1. The lowest BCUT2D eigenvalue weighted by molar-refractivity contribution is -0.134. The van der Waals surface area contributed by atoms with Crippen molar-refractivity contribution in [1.29, 1.82) is 0 Å². The van der Waals surface area contributed by atoms with Crippen LogP contribution in [0.15, 0.2) is 42.6 Å². The second-order valence-electron chi connectivity index (χ2n) is 12.2. The number of piperidine rings is 1. The summed E-state index contributed by atoms with van der Waals surface area (Å²) in [6.07, 6.45) is 2.78. The maximum Gasteiger partial charge on any atom is 0.235 e. The molecule has 3 aliphatic heterocycles. The quantitative estimate of drug-likeness (QED) is 0.317. The third-order valence-corrected chi connectivity index (χ3v) is 9.38. The number of hydrogen-bond acceptors (Lipinski definition) is 9. The summed E-state index contributed by atoms with van der Waals surface area (Å²) in [5.41, 5.74) is 5.40. The van der Waals surface area contributed by atoms with Crippen LogP contribution in [0.4, 0.5) is 28.8 Å². The fourth-order valence-corrected chi connectivity index (χ4v) is 7.00. The Morgan fingerprint density at radius 1 is 1.02 bits per heavy atom. The van der Waals surface area contributed by atoms with Gasteiger partial charge in [-0.2, -0.15) is 10.1 Å². The predicted molar refractivity (Wildman–Crippen MR) is 173 cm³/mol. The number of imide groups is 1. The third-order valence-electron chi connectivity index (χ3n) is 9.10. The van der Waals surface area contributed by atoms with E-state index < -0.39 is 5.92 Å². The van der Waals surface area contributed by atoms with Gasteiger partial charge in [0, 0.05) is 68.1 Å². The molecule has 3 aliphatic rings. The second kappa shape index (κ2) is 11.0. The number of hydrogen-bond donors (Lipinski definition) is 2. The molecule has 3 atom stereocenters. The molecule has 0 saturated carbocycles. The number of rotatable bonds is 5. The van der Waals surface area contributed by atoms with Crippen molar-refractivity contribution in [2.45, 2.75) is 51.1 Å². The summed E-state index contributed by atoms with van der Waals surface area (Å²) in [4.78, 5) is 52.0. The number of halogens is 1. The number of carbonyl (C=O) groups is 3. The summed E-state index contributed by atoms with van der Waals surface area (Å²) >= 11 is 6.53. The van der Waals surface area contributed by atoms with Crippen LogP contribution in [0.25, 0.3) is 10.9 Å². The molecule has 5 heterocycles. The molecule has 1 unspecified atom stereocenters. The lowest BCUT2D eigenvalue weighted by Crippen LogP contribution is -2.57. The monoisotopic (exact) mass is 627 g/mol. The van der Waals surface area contributed by atoms with E-state index in [9.17, 15) is 14.4 Å². The summed E-state index contributed by atoms with van der Waals surface area (Å²) in [5, 5.41) is 11.8. The molecule has 45 heavy (non-hydrogen) atoms. The number of nitrogens with one attached hydrogen (secondary N) is 2. The first kappa shape index (κ1) is 29.0. The molecule has 2 saturated heterocycles. The Labute approximate surface area is 265 Å². The van der Waals surface area contributed by atoms with Gasteiger partial charge in [-0.1, -0.05) is 11.6 Å². The SMILES string of the molecule is C[C@@H]1CN(c2ccc3c(C4CCC(=O)NC4=O)nn(C)c3c2)C[C@H](C)N1c1ncc(Cl)c(Nc2ccc3c(c2)CC(=O)N3C)n1. The van der Waals surface area contributed by atoms with Gasteiger partial charge in [0.1, 0.15) is 5.02 Å². The van der Waals surface area contributed by atoms with Crippen LogP contribution in [-0.2, 0) is 27.9 Å². The molecular formula is C32H34ClN9O3. The summed E-state index contributed by atoms with van der Waals surface area (Å²) in [7, 11) is 3.67. The van der Waals surface area contributed by atoms with Gasteiger partial charge in [-0.15, -0.1) is 0 Å². The van der Waals surface area contributed by atoms with Crippen molar-refractivity contribution in [1.82, 2.24) is 25.1 Å². The molecule has 232 valence electrons. The van der Waals surface area contributed by atoms with E-state index in [0.29, 0.717) is 41.7 Å². The van der Waals surface area contributed by atoms with Gasteiger partial charge >= 0.3 is 0 Å². The standard InChI is InChI=1S/C32H34ClN9O3/c1-17-15-41(21-6-7-22-26(13-21)40(4)38-29(22)23-8-10-27(43)36-31(23)45)16-18(2)42(17)32-34-14-24(33)30(37-32)35-20-5-9-25-19(11-20)12-28(44)39(25)3/h5-7,9,11,13-14,17-18,23H,8,10,12,15-16H2,1-4H3,(H,34,35,37)(H,36,43,45)/t17-,18+,23?. The number of piperazine rings is 1. The Balaban J connectivity index is 1.10. The lowest BCUT2D eigenvalue weighted by Gasteiger charge is -2.45. The van der Waals surface area contributed by atoms with Crippen molar-refractivity contribution in [3.8, 4) is 0 Å². The van der Waals surface area contributed by atoms with Crippen molar-refractivity contribution < 1.29 is 14.4 Å². The van der Waals surface area contributed by atoms with Crippen LogP contribution in [0.1, 0.15) is 43.9 Å². The van der Waals surface area contributed by atoms with Gasteiger partial charge < -0.3 is 20.0 Å². The highest BCUT2D eigenvalue weighted by Gasteiger charge is 2.34. The molecule has 2 aromatic heterocycles. The summed E-state index contributed by atoms with van der Waals surface area (Å²) in [6, 6.07) is 12.2. The molecule has 0 bridgehead atoms. The molecule has 13 heteroatoms. The summed E-state index contributed by atoms with van der Waals surface area (Å²) in [5.74, 6) is 0.220. The third kappa shape index (κ3) is 5.12. The predicted octanol–water partition coefficient (Wildman–Crippen LogP) is 3.90. The minimum absolute atomic E-state index is 0.0730. The highest BCUT2D eigenvalue weighted by molar-refractivity contribution is 6.33. The van der Waals surface area contributed by atoms with Crippen LogP contribution >= 0.6 is 11.6 Å². The number of nitrogens with zero attached hydrogens (tertiary/aromatic N) is 7. The Morgan fingerprint density at radius 2 is 1.80 bits per heavy atom. The number of benzene rings is 2. The largest absolute Gasteiger partial charge is 0.367 e. The highest BCUT2D eigenvalue weighted by atomic mass is 35.5. The maximum absolute atomic E-state index is 12.6. The van der Waals surface area contributed by atoms with Gasteiger partial charge in [0.15, 0.2) is 5.82 Å². The van der Waals surface area contributed by atoms with Gasteiger partial charge in [-0.25, -0.2) is 4.98 Å². The zero-order valence-electron chi connectivity index (χ0n) is 25.5. The molecule has 2 fully saturated rings. The molecule has 3 amide bonds. The van der Waals surface area contributed by atoms with Crippen LogP contribution in [0.2, 0.25) is 5.02 Å². The fraction of sp³-hybridized carbons (Fsp3) is 0.375. The maximum atomic E-state index is 12.6. The Bertz CT molecular complexity index is 1860. The van der Waals surface area contributed by atoms with Gasteiger partial charge in [-0.05, 0) is 62.2 Å². The average molecular weight is 628 g/mol. The Kier molecular flexibility index (Phi) is 7.11. The zero-order chi connectivity index (χ0) is 31.6. The van der Waals surface area contributed by atoms with Crippen molar-refractivity contribution in [3.63, 3.8) is 0 Å². The fourth-order valence-electron chi connectivity index (χ4n) is 6.86. The smallest absolute Gasteiger partial charge is 0.235 e. The number of aryl methyl sites for hydroxylation is 1. The lowest BCUT2D eigenvalue weighted by atomic mass is 9.92. The topological polar surface area (TPSA) is 129 Å². The van der Waals surface area contributed by atoms with Crippen molar-refractivity contribution >= 4 is 69.1 Å². The van der Waals surface area contributed by atoms with E-state index in [0.717, 1.165) is 46.6 Å². The van der Waals surface area contributed by atoms with E-state index in [2.05, 4.69) is 51.4 Å². The van der Waals surface area contributed by atoms with Crippen LogP contribution in [0.3, 0.4) is 0 Å². The minimum atomic E-state index is -0.437. The van der Waals surface area contributed by atoms with Crippen molar-refractivity contribution in [3.05, 3.63) is 58.9 Å². The first-order chi connectivity index (χ1) is 21.6. The molecule has 4 aromatic rings. The van der Waals surface area contributed by atoms with Gasteiger partial charge in [-0.3, -0.25) is 24.4 Å². The number of carbonyl (C=O) groups excluding carboxylic acids is 3. The molecule has 0 spiro atoms. The van der Waals surface area contributed by atoms with E-state index in [1.54, 1.807) is 18.1 Å². The van der Waals surface area contributed by atoms with Crippen LogP contribution in [0, 0.1) is 0 Å².